The van der Waals surface area contributed by atoms with Crippen molar-refractivity contribution < 1.29 is 24.5 Å². The van der Waals surface area contributed by atoms with Crippen LogP contribution in [0.4, 0.5) is 4.79 Å². The summed E-state index contributed by atoms with van der Waals surface area (Å²) in [5.41, 5.74) is 4.68. The number of nitrogens with one attached hydrogen (secondary N) is 1. The minimum atomic E-state index is -1.11. The number of carboxylic acid groups (broad SMARTS) is 1. The number of amides is 1. The second-order valence-corrected chi connectivity index (χ2v) is 5.06. The Morgan fingerprint density at radius 1 is 1.33 bits per heavy atom. The maximum atomic E-state index is 11.2. The lowest BCUT2D eigenvalue weighted by molar-refractivity contribution is -0.138. The SMILES string of the molecule is CC(C)(C)OC(=O)NCC(O)CCC(N)C(=O)O. The molecule has 0 aromatic carbocycles. The van der Waals surface area contributed by atoms with Gasteiger partial charge < -0.3 is 26.0 Å². The van der Waals surface area contributed by atoms with Gasteiger partial charge in [0.25, 0.3) is 0 Å². The van der Waals surface area contributed by atoms with Gasteiger partial charge >= 0.3 is 12.1 Å². The largest absolute Gasteiger partial charge is 0.480 e. The number of hydrogen-bond acceptors (Lipinski definition) is 5. The van der Waals surface area contributed by atoms with Crippen molar-refractivity contribution in [1.82, 2.24) is 5.32 Å². The number of alkyl carbamates (subject to hydrolysis) is 1. The Bertz CT molecular complexity index is 288. The highest BCUT2D eigenvalue weighted by atomic mass is 16.6. The van der Waals surface area contributed by atoms with Gasteiger partial charge in [-0.15, -0.1) is 0 Å². The fourth-order valence-electron chi connectivity index (χ4n) is 1.11. The molecule has 0 heterocycles. The first-order valence-electron chi connectivity index (χ1n) is 5.75. The number of ether oxygens (including phenoxy) is 1. The lowest BCUT2D eigenvalue weighted by atomic mass is 10.1. The fraction of sp³-hybridized carbons (Fsp3) is 0.818. The second kappa shape index (κ2) is 7.17. The molecule has 0 aromatic heterocycles. The van der Waals surface area contributed by atoms with Crippen LogP contribution in [-0.4, -0.2) is 46.6 Å². The van der Waals surface area contributed by atoms with Crippen molar-refractivity contribution in [2.24, 2.45) is 5.73 Å². The van der Waals surface area contributed by atoms with Gasteiger partial charge in [-0.1, -0.05) is 0 Å². The van der Waals surface area contributed by atoms with Gasteiger partial charge in [0.2, 0.25) is 0 Å². The van der Waals surface area contributed by atoms with E-state index in [1.165, 1.54) is 0 Å². The number of aliphatic hydroxyl groups is 1. The second-order valence-electron chi connectivity index (χ2n) is 5.06. The zero-order valence-corrected chi connectivity index (χ0v) is 11.0. The first-order chi connectivity index (χ1) is 8.11. The van der Waals surface area contributed by atoms with E-state index in [2.05, 4.69) is 5.32 Å². The molecule has 0 saturated heterocycles. The molecule has 0 rings (SSSR count). The molecular formula is C11H22N2O5. The lowest BCUT2D eigenvalue weighted by Crippen LogP contribution is -2.38. The molecule has 2 atom stereocenters. The van der Waals surface area contributed by atoms with E-state index in [0.29, 0.717) is 0 Å². The van der Waals surface area contributed by atoms with Crippen molar-refractivity contribution in [2.45, 2.75) is 51.4 Å². The molecule has 0 bridgehead atoms. The van der Waals surface area contributed by atoms with Crippen LogP contribution in [0.15, 0.2) is 0 Å². The van der Waals surface area contributed by atoms with E-state index in [9.17, 15) is 14.7 Å². The Kier molecular flexibility index (Phi) is 6.64. The maximum Gasteiger partial charge on any atom is 0.407 e. The van der Waals surface area contributed by atoms with Gasteiger partial charge in [0.15, 0.2) is 0 Å². The molecule has 0 aliphatic heterocycles. The van der Waals surface area contributed by atoms with Crippen LogP contribution in [0, 0.1) is 0 Å². The Morgan fingerprint density at radius 2 is 1.89 bits per heavy atom. The van der Waals surface area contributed by atoms with Gasteiger partial charge in [0.1, 0.15) is 11.6 Å². The minimum Gasteiger partial charge on any atom is -0.480 e. The van der Waals surface area contributed by atoms with Gasteiger partial charge in [0, 0.05) is 6.54 Å². The van der Waals surface area contributed by atoms with E-state index in [1.807, 2.05) is 0 Å². The number of nitrogens with two attached hydrogens (primary N) is 1. The van der Waals surface area contributed by atoms with Gasteiger partial charge in [-0.2, -0.15) is 0 Å². The summed E-state index contributed by atoms with van der Waals surface area (Å²) in [5, 5.41) is 20.4. The Labute approximate surface area is 106 Å². The molecule has 0 saturated carbocycles. The Morgan fingerprint density at radius 3 is 2.33 bits per heavy atom. The van der Waals surface area contributed by atoms with E-state index < -0.39 is 29.8 Å². The molecule has 5 N–H and O–H groups in total. The first-order valence-corrected chi connectivity index (χ1v) is 5.75. The van der Waals surface area contributed by atoms with Gasteiger partial charge in [-0.05, 0) is 33.6 Å². The lowest BCUT2D eigenvalue weighted by Gasteiger charge is -2.20. The molecule has 7 nitrogen and oxygen atoms in total. The zero-order chi connectivity index (χ0) is 14.3. The summed E-state index contributed by atoms with van der Waals surface area (Å²) in [6.07, 6.45) is -1.12. The molecule has 1 amide bonds. The van der Waals surface area contributed by atoms with Gasteiger partial charge in [0.05, 0.1) is 6.10 Å². The predicted octanol–water partition coefficient (Wildman–Crippen LogP) is 0.0641. The molecule has 0 fully saturated rings. The van der Waals surface area contributed by atoms with Crippen LogP contribution in [0.25, 0.3) is 0 Å². The third-order valence-electron chi connectivity index (χ3n) is 2.01. The standard InChI is InChI=1S/C11H22N2O5/c1-11(2,3)18-10(17)13-6-7(14)4-5-8(12)9(15)16/h7-8,14H,4-6,12H2,1-3H3,(H,13,17)(H,15,16). The number of carboxylic acids is 1. The van der Waals surface area contributed by atoms with Crippen molar-refractivity contribution in [3.63, 3.8) is 0 Å². The maximum absolute atomic E-state index is 11.2. The highest BCUT2D eigenvalue weighted by Crippen LogP contribution is 2.06. The topological polar surface area (TPSA) is 122 Å². The normalized spacial score (nSPS) is 14.7. The van der Waals surface area contributed by atoms with Crippen LogP contribution < -0.4 is 11.1 Å². The van der Waals surface area contributed by atoms with E-state index in [4.69, 9.17) is 15.6 Å². The highest BCUT2D eigenvalue weighted by Gasteiger charge is 2.18. The molecule has 0 spiro atoms. The summed E-state index contributed by atoms with van der Waals surface area (Å²) in [4.78, 5) is 21.7. The molecule has 0 aromatic rings. The number of carbonyl (C=O) groups is 2. The van der Waals surface area contributed by atoms with Crippen molar-refractivity contribution >= 4 is 12.1 Å². The molecule has 7 heteroatoms. The van der Waals surface area contributed by atoms with Gasteiger partial charge in [-0.25, -0.2) is 4.79 Å². The first kappa shape index (κ1) is 16.7. The summed E-state index contributed by atoms with van der Waals surface area (Å²) in [7, 11) is 0. The number of rotatable bonds is 6. The molecule has 0 radical (unpaired) electrons. The summed E-state index contributed by atoms with van der Waals surface area (Å²) in [6.45, 7) is 5.19. The van der Waals surface area contributed by atoms with Crippen LogP contribution >= 0.6 is 0 Å². The minimum absolute atomic E-state index is 0.00124. The summed E-state index contributed by atoms with van der Waals surface area (Å²) >= 11 is 0. The van der Waals surface area contributed by atoms with Crippen molar-refractivity contribution in [3.8, 4) is 0 Å². The summed E-state index contributed by atoms with van der Waals surface area (Å²) < 4.78 is 4.97. The number of aliphatic hydroxyl groups excluding tert-OH is 1. The molecule has 18 heavy (non-hydrogen) atoms. The third kappa shape index (κ3) is 8.77. The van der Waals surface area contributed by atoms with Crippen LogP contribution in [-0.2, 0) is 9.53 Å². The molecule has 0 aliphatic carbocycles. The molecule has 2 unspecified atom stereocenters. The van der Waals surface area contributed by atoms with Crippen molar-refractivity contribution in [1.29, 1.82) is 0 Å². The van der Waals surface area contributed by atoms with Gasteiger partial charge in [-0.3, -0.25) is 4.79 Å². The van der Waals surface area contributed by atoms with E-state index in [1.54, 1.807) is 20.8 Å². The van der Waals surface area contributed by atoms with E-state index in [-0.39, 0.29) is 19.4 Å². The van der Waals surface area contributed by atoms with Crippen LogP contribution in [0.2, 0.25) is 0 Å². The monoisotopic (exact) mass is 262 g/mol. The van der Waals surface area contributed by atoms with Crippen LogP contribution in [0.3, 0.4) is 0 Å². The zero-order valence-electron chi connectivity index (χ0n) is 11.0. The number of carbonyl (C=O) groups excluding carboxylic acids is 1. The summed E-state index contributed by atoms with van der Waals surface area (Å²) in [5.74, 6) is -1.11. The highest BCUT2D eigenvalue weighted by molar-refractivity contribution is 5.72. The summed E-state index contributed by atoms with van der Waals surface area (Å²) in [6, 6.07) is -0.999. The molecule has 106 valence electrons. The van der Waals surface area contributed by atoms with Crippen molar-refractivity contribution in [3.05, 3.63) is 0 Å². The average Bonchev–Trinajstić information content (AvgIpc) is 2.20. The number of hydrogen-bond donors (Lipinski definition) is 4. The van der Waals surface area contributed by atoms with E-state index in [0.717, 1.165) is 0 Å². The van der Waals surface area contributed by atoms with Crippen LogP contribution in [0.1, 0.15) is 33.6 Å². The average molecular weight is 262 g/mol. The molecule has 0 aliphatic rings. The predicted molar refractivity (Wildman–Crippen MR) is 65.1 cm³/mol. The number of aliphatic carboxylic acids is 1. The third-order valence-corrected chi connectivity index (χ3v) is 2.01. The van der Waals surface area contributed by atoms with Crippen molar-refractivity contribution in [2.75, 3.05) is 6.54 Å². The Hall–Kier alpha value is -1.34. The van der Waals surface area contributed by atoms with E-state index >= 15 is 0 Å². The Balaban J connectivity index is 3.80. The molecular weight excluding hydrogens is 240 g/mol. The quantitative estimate of drug-likeness (QED) is 0.537. The smallest absolute Gasteiger partial charge is 0.407 e. The fourth-order valence-corrected chi connectivity index (χ4v) is 1.11. The van der Waals surface area contributed by atoms with Crippen LogP contribution in [0.5, 0.6) is 0 Å².